The molecule has 2 heterocycles. The van der Waals surface area contributed by atoms with E-state index in [4.69, 9.17) is 4.42 Å². The Bertz CT molecular complexity index is 412. The number of carbonyl (C=O) groups excluding carboxylic acids is 1. The number of thiophene rings is 1. The van der Waals surface area contributed by atoms with Gasteiger partial charge < -0.3 is 4.42 Å². The minimum atomic E-state index is -0.0391. The van der Waals surface area contributed by atoms with Gasteiger partial charge in [-0.2, -0.15) is 0 Å². The van der Waals surface area contributed by atoms with Gasteiger partial charge in [-0.1, -0.05) is 6.07 Å². The fourth-order valence-corrected chi connectivity index (χ4v) is 1.77. The van der Waals surface area contributed by atoms with Gasteiger partial charge in [-0.15, -0.1) is 11.3 Å². The fraction of sp³-hybridized carbons (Fsp3) is 0.100. The monoisotopic (exact) mass is 192 g/mol. The molecule has 0 radical (unpaired) electrons. The van der Waals surface area contributed by atoms with Crippen LogP contribution in [-0.2, 0) is 0 Å². The standard InChI is InChI=1S/C10H8O2S/c1-7(11)8-4-5-9(12-8)10-3-2-6-13-10/h2-6H,1H3. The molecule has 0 N–H and O–H groups in total. The summed E-state index contributed by atoms with van der Waals surface area (Å²) in [6.07, 6.45) is 0. The predicted molar refractivity (Wildman–Crippen MR) is 52.0 cm³/mol. The molecule has 0 aliphatic rings. The number of ketones is 1. The van der Waals surface area contributed by atoms with Crippen molar-refractivity contribution in [1.82, 2.24) is 0 Å². The Morgan fingerprint density at radius 3 is 2.77 bits per heavy atom. The highest BCUT2D eigenvalue weighted by Crippen LogP contribution is 2.26. The van der Waals surface area contributed by atoms with Crippen LogP contribution in [0.3, 0.4) is 0 Å². The van der Waals surface area contributed by atoms with E-state index in [0.717, 1.165) is 10.6 Å². The molecule has 3 heteroatoms. The summed E-state index contributed by atoms with van der Waals surface area (Å²) in [7, 11) is 0. The minimum Gasteiger partial charge on any atom is -0.452 e. The van der Waals surface area contributed by atoms with Crippen LogP contribution in [0.15, 0.2) is 34.1 Å². The van der Waals surface area contributed by atoms with E-state index in [1.54, 1.807) is 17.4 Å². The topological polar surface area (TPSA) is 30.2 Å². The normalized spacial score (nSPS) is 10.2. The maximum atomic E-state index is 10.9. The number of carbonyl (C=O) groups is 1. The first-order valence-electron chi connectivity index (χ1n) is 3.92. The zero-order valence-electron chi connectivity index (χ0n) is 7.11. The van der Waals surface area contributed by atoms with Crippen molar-refractivity contribution in [3.8, 4) is 10.6 Å². The molecule has 13 heavy (non-hydrogen) atoms. The molecule has 0 unspecified atom stereocenters. The van der Waals surface area contributed by atoms with Crippen molar-refractivity contribution in [1.29, 1.82) is 0 Å². The van der Waals surface area contributed by atoms with Crippen LogP contribution in [0.4, 0.5) is 0 Å². The van der Waals surface area contributed by atoms with Crippen LogP contribution in [0.2, 0.25) is 0 Å². The van der Waals surface area contributed by atoms with Gasteiger partial charge in [0.2, 0.25) is 0 Å². The summed E-state index contributed by atoms with van der Waals surface area (Å²) in [5, 5.41) is 1.98. The van der Waals surface area contributed by atoms with Gasteiger partial charge in [-0.25, -0.2) is 0 Å². The van der Waals surface area contributed by atoms with E-state index in [1.165, 1.54) is 6.92 Å². The van der Waals surface area contributed by atoms with Crippen LogP contribution in [0.1, 0.15) is 17.5 Å². The van der Waals surface area contributed by atoms with Gasteiger partial charge in [0.1, 0.15) is 5.76 Å². The second-order valence-electron chi connectivity index (χ2n) is 2.70. The van der Waals surface area contributed by atoms with E-state index in [0.29, 0.717) is 5.76 Å². The van der Waals surface area contributed by atoms with Crippen molar-refractivity contribution < 1.29 is 9.21 Å². The summed E-state index contributed by atoms with van der Waals surface area (Å²) < 4.78 is 5.35. The molecule has 0 atom stereocenters. The Labute approximate surface area is 79.8 Å². The Balaban J connectivity index is 2.39. The lowest BCUT2D eigenvalue weighted by molar-refractivity contribution is 0.0988. The molecule has 2 rings (SSSR count). The first-order valence-corrected chi connectivity index (χ1v) is 4.80. The molecule has 0 fully saturated rings. The van der Waals surface area contributed by atoms with Gasteiger partial charge in [0.05, 0.1) is 4.88 Å². The lowest BCUT2D eigenvalue weighted by Crippen LogP contribution is -1.85. The zero-order valence-corrected chi connectivity index (χ0v) is 7.93. The molecule has 0 aromatic carbocycles. The van der Waals surface area contributed by atoms with E-state index in [1.807, 2.05) is 23.6 Å². The highest BCUT2D eigenvalue weighted by atomic mass is 32.1. The molecule has 0 spiro atoms. The number of Topliss-reactive ketones (excluding diaryl/α,β-unsaturated/α-hetero) is 1. The third kappa shape index (κ3) is 1.55. The first kappa shape index (κ1) is 8.26. The fourth-order valence-electron chi connectivity index (χ4n) is 1.08. The largest absolute Gasteiger partial charge is 0.452 e. The number of hydrogen-bond donors (Lipinski definition) is 0. The molecule has 2 aromatic heterocycles. The number of furan rings is 1. The van der Waals surface area contributed by atoms with Crippen LogP contribution in [0.5, 0.6) is 0 Å². The Kier molecular flexibility index (Phi) is 2.02. The quantitative estimate of drug-likeness (QED) is 0.684. The van der Waals surface area contributed by atoms with Crippen molar-refractivity contribution in [3.63, 3.8) is 0 Å². The maximum Gasteiger partial charge on any atom is 0.194 e. The first-order chi connectivity index (χ1) is 6.27. The van der Waals surface area contributed by atoms with Gasteiger partial charge in [-0.05, 0) is 23.6 Å². The molecular weight excluding hydrogens is 184 g/mol. The number of hydrogen-bond acceptors (Lipinski definition) is 3. The highest BCUT2D eigenvalue weighted by molar-refractivity contribution is 7.13. The molecule has 0 aliphatic heterocycles. The summed E-state index contributed by atoms with van der Waals surface area (Å²) in [5.41, 5.74) is 0. The Morgan fingerprint density at radius 2 is 2.23 bits per heavy atom. The summed E-state index contributed by atoms with van der Waals surface area (Å²) in [6, 6.07) is 7.45. The number of rotatable bonds is 2. The van der Waals surface area contributed by atoms with E-state index in [2.05, 4.69) is 0 Å². The molecule has 2 aromatic rings. The van der Waals surface area contributed by atoms with Crippen LogP contribution in [0.25, 0.3) is 10.6 Å². The Hall–Kier alpha value is -1.35. The minimum absolute atomic E-state index is 0.0391. The summed E-state index contributed by atoms with van der Waals surface area (Å²) in [4.78, 5) is 12.0. The van der Waals surface area contributed by atoms with E-state index < -0.39 is 0 Å². The molecule has 0 amide bonds. The highest BCUT2D eigenvalue weighted by Gasteiger charge is 2.07. The molecular formula is C10H8O2S. The summed E-state index contributed by atoms with van der Waals surface area (Å²) >= 11 is 1.60. The van der Waals surface area contributed by atoms with Crippen LogP contribution in [0, 0.1) is 0 Å². The molecule has 0 saturated heterocycles. The Morgan fingerprint density at radius 1 is 1.38 bits per heavy atom. The SMILES string of the molecule is CC(=O)c1ccc(-c2cccs2)o1. The third-order valence-corrected chi connectivity index (χ3v) is 2.60. The molecule has 0 saturated carbocycles. The lowest BCUT2D eigenvalue weighted by Gasteiger charge is -1.89. The second-order valence-corrected chi connectivity index (χ2v) is 3.65. The smallest absolute Gasteiger partial charge is 0.194 e. The van der Waals surface area contributed by atoms with Gasteiger partial charge in [0, 0.05) is 6.92 Å². The summed E-state index contributed by atoms with van der Waals surface area (Å²) in [6.45, 7) is 1.50. The second kappa shape index (κ2) is 3.18. The molecule has 2 nitrogen and oxygen atoms in total. The van der Waals surface area contributed by atoms with Crippen LogP contribution < -0.4 is 0 Å². The van der Waals surface area contributed by atoms with Crippen LogP contribution >= 0.6 is 11.3 Å². The van der Waals surface area contributed by atoms with Crippen molar-refractivity contribution in [2.75, 3.05) is 0 Å². The predicted octanol–water partition coefficient (Wildman–Crippen LogP) is 3.21. The van der Waals surface area contributed by atoms with Gasteiger partial charge in [0.25, 0.3) is 0 Å². The average Bonchev–Trinajstić information content (AvgIpc) is 2.75. The van der Waals surface area contributed by atoms with Crippen molar-refractivity contribution >= 4 is 17.1 Å². The van der Waals surface area contributed by atoms with Gasteiger partial charge in [-0.3, -0.25) is 4.79 Å². The molecule has 0 aliphatic carbocycles. The molecule has 0 bridgehead atoms. The zero-order chi connectivity index (χ0) is 9.26. The van der Waals surface area contributed by atoms with Gasteiger partial charge >= 0.3 is 0 Å². The van der Waals surface area contributed by atoms with Crippen LogP contribution in [-0.4, -0.2) is 5.78 Å². The molecule has 66 valence electrons. The van der Waals surface area contributed by atoms with E-state index in [-0.39, 0.29) is 5.78 Å². The van der Waals surface area contributed by atoms with Crippen molar-refractivity contribution in [2.45, 2.75) is 6.92 Å². The average molecular weight is 192 g/mol. The maximum absolute atomic E-state index is 10.9. The van der Waals surface area contributed by atoms with E-state index >= 15 is 0 Å². The lowest BCUT2D eigenvalue weighted by atomic mass is 10.3. The van der Waals surface area contributed by atoms with E-state index in [9.17, 15) is 4.79 Å². The van der Waals surface area contributed by atoms with Crippen molar-refractivity contribution in [3.05, 3.63) is 35.4 Å². The van der Waals surface area contributed by atoms with Crippen molar-refractivity contribution in [2.24, 2.45) is 0 Å². The summed E-state index contributed by atoms with van der Waals surface area (Å²) in [5.74, 6) is 1.14. The third-order valence-electron chi connectivity index (χ3n) is 1.72. The van der Waals surface area contributed by atoms with Gasteiger partial charge in [0.15, 0.2) is 11.5 Å².